The average Bonchev–Trinajstić information content (AvgIpc) is 2.91. The van der Waals surface area contributed by atoms with E-state index in [4.69, 9.17) is 9.97 Å². The largest absolute Gasteiger partial charge is 0.396 e. The molecule has 0 aromatic carbocycles. The first-order valence-electron chi connectivity index (χ1n) is 10.5. The predicted molar refractivity (Wildman–Crippen MR) is 110 cm³/mol. The number of hydrogen-bond donors (Lipinski definition) is 2. The Labute approximate surface area is 166 Å². The molecule has 3 aliphatic heterocycles. The smallest absolute Gasteiger partial charge is 0.227 e. The van der Waals surface area contributed by atoms with E-state index in [-0.39, 0.29) is 0 Å². The van der Waals surface area contributed by atoms with Crippen LogP contribution in [0.5, 0.6) is 0 Å². The molecule has 0 spiro atoms. The second-order valence-corrected chi connectivity index (χ2v) is 9.26. The third kappa shape index (κ3) is 4.35. The lowest BCUT2D eigenvalue weighted by atomic mass is 10.0. The first-order chi connectivity index (χ1) is 13.3. The van der Waals surface area contributed by atoms with Crippen molar-refractivity contribution in [2.75, 3.05) is 54.9 Å². The number of aliphatic hydroxyl groups is 2. The van der Waals surface area contributed by atoms with Gasteiger partial charge in [0.05, 0.1) is 10.6 Å². The number of thioether (sulfide) groups is 1. The van der Waals surface area contributed by atoms with E-state index < -0.39 is 0 Å². The number of hydrogen-bond acceptors (Lipinski definition) is 7. The zero-order valence-electron chi connectivity index (χ0n) is 16.1. The van der Waals surface area contributed by atoms with Gasteiger partial charge in [-0.05, 0) is 50.4 Å². The number of fused-ring (bicyclic) bond motifs is 1. The van der Waals surface area contributed by atoms with Crippen LogP contribution in [0.2, 0.25) is 0 Å². The van der Waals surface area contributed by atoms with E-state index in [1.165, 1.54) is 10.6 Å². The average molecular weight is 393 g/mol. The van der Waals surface area contributed by atoms with Crippen molar-refractivity contribution in [1.29, 1.82) is 0 Å². The van der Waals surface area contributed by atoms with Gasteiger partial charge in [0.25, 0.3) is 0 Å². The molecule has 2 fully saturated rings. The number of nitrogens with zero attached hydrogens (tertiary/aromatic N) is 4. The number of aryl methyl sites for hydroxylation is 1. The van der Waals surface area contributed by atoms with Crippen molar-refractivity contribution in [3.05, 3.63) is 5.69 Å². The molecule has 1 aromatic heterocycles. The zero-order chi connectivity index (χ0) is 18.6. The van der Waals surface area contributed by atoms with Crippen LogP contribution in [-0.2, 0) is 6.42 Å². The molecule has 2 N–H and O–H groups in total. The van der Waals surface area contributed by atoms with E-state index in [1.54, 1.807) is 0 Å². The lowest BCUT2D eigenvalue weighted by Gasteiger charge is -2.27. The Kier molecular flexibility index (Phi) is 6.40. The lowest BCUT2D eigenvalue weighted by molar-refractivity contribution is 0.215. The van der Waals surface area contributed by atoms with Gasteiger partial charge in [-0.25, -0.2) is 4.98 Å². The number of aromatic nitrogens is 2. The second-order valence-electron chi connectivity index (χ2n) is 8.15. The molecule has 0 saturated carbocycles. The number of aliphatic hydroxyl groups excluding tert-OH is 2. The fourth-order valence-corrected chi connectivity index (χ4v) is 5.62. The molecule has 3 aliphatic rings. The third-order valence-corrected chi connectivity index (χ3v) is 7.40. The van der Waals surface area contributed by atoms with Crippen molar-refractivity contribution in [3.63, 3.8) is 0 Å². The predicted octanol–water partition coefficient (Wildman–Crippen LogP) is 2.32. The molecule has 0 aliphatic carbocycles. The van der Waals surface area contributed by atoms with Gasteiger partial charge in [0.15, 0.2) is 0 Å². The molecule has 4 rings (SSSR count). The van der Waals surface area contributed by atoms with E-state index in [0.29, 0.717) is 25.0 Å². The van der Waals surface area contributed by atoms with Crippen LogP contribution in [0.4, 0.5) is 11.8 Å². The van der Waals surface area contributed by atoms with Gasteiger partial charge >= 0.3 is 0 Å². The van der Waals surface area contributed by atoms with Crippen molar-refractivity contribution in [2.45, 2.75) is 49.8 Å². The van der Waals surface area contributed by atoms with Gasteiger partial charge in [-0.15, -0.1) is 11.8 Å². The quantitative estimate of drug-likeness (QED) is 0.815. The summed E-state index contributed by atoms with van der Waals surface area (Å²) in [5, 5.41) is 19.0. The summed E-state index contributed by atoms with van der Waals surface area (Å²) in [4.78, 5) is 16.1. The summed E-state index contributed by atoms with van der Waals surface area (Å²) in [6, 6.07) is 0. The molecule has 6 nitrogen and oxygen atoms in total. The normalized spacial score (nSPS) is 26.6. The van der Waals surface area contributed by atoms with Crippen molar-refractivity contribution >= 4 is 23.5 Å². The van der Waals surface area contributed by atoms with Crippen molar-refractivity contribution in [3.8, 4) is 0 Å². The van der Waals surface area contributed by atoms with Crippen molar-refractivity contribution in [1.82, 2.24) is 9.97 Å². The zero-order valence-corrected chi connectivity index (χ0v) is 17.0. The number of anilines is 2. The van der Waals surface area contributed by atoms with Crippen molar-refractivity contribution < 1.29 is 10.2 Å². The van der Waals surface area contributed by atoms with Crippen LogP contribution >= 0.6 is 11.8 Å². The minimum absolute atomic E-state index is 0.292. The van der Waals surface area contributed by atoms with E-state index in [2.05, 4.69) is 9.80 Å². The standard InChI is InChI=1S/C20H32N4O2S/c25-13-15-3-1-8-23(10-5-15)19-18-17(7-12-27-18)21-20(22-19)24-9-2-4-16(14-26)6-11-24/h15-16,25-26H,1-14H2. The molecular weight excluding hydrogens is 360 g/mol. The molecule has 2 atom stereocenters. The Morgan fingerprint density at radius 2 is 1.52 bits per heavy atom. The summed E-state index contributed by atoms with van der Waals surface area (Å²) in [6.07, 6.45) is 7.50. The molecule has 27 heavy (non-hydrogen) atoms. The highest BCUT2D eigenvalue weighted by molar-refractivity contribution is 7.99. The topological polar surface area (TPSA) is 72.7 Å². The number of rotatable bonds is 4. The van der Waals surface area contributed by atoms with E-state index >= 15 is 0 Å². The summed E-state index contributed by atoms with van der Waals surface area (Å²) in [5.41, 5.74) is 1.21. The van der Waals surface area contributed by atoms with Crippen LogP contribution in [0, 0.1) is 11.8 Å². The monoisotopic (exact) mass is 392 g/mol. The summed E-state index contributed by atoms with van der Waals surface area (Å²) >= 11 is 1.90. The van der Waals surface area contributed by atoms with Gasteiger partial charge < -0.3 is 20.0 Å². The van der Waals surface area contributed by atoms with Gasteiger partial charge in [-0.1, -0.05) is 0 Å². The fraction of sp³-hybridized carbons (Fsp3) is 0.800. The van der Waals surface area contributed by atoms with Gasteiger partial charge in [-0.2, -0.15) is 4.98 Å². The van der Waals surface area contributed by atoms with Crippen LogP contribution in [0.3, 0.4) is 0 Å². The highest BCUT2D eigenvalue weighted by Gasteiger charge is 2.28. The molecule has 2 saturated heterocycles. The van der Waals surface area contributed by atoms with Gasteiger partial charge in [0, 0.05) is 51.6 Å². The van der Waals surface area contributed by atoms with E-state index in [0.717, 1.165) is 88.6 Å². The Balaban J connectivity index is 1.58. The van der Waals surface area contributed by atoms with Crippen LogP contribution < -0.4 is 9.80 Å². The van der Waals surface area contributed by atoms with Crippen LogP contribution in [-0.4, -0.2) is 65.3 Å². The van der Waals surface area contributed by atoms with E-state index in [1.807, 2.05) is 11.8 Å². The van der Waals surface area contributed by atoms with Crippen LogP contribution in [0.15, 0.2) is 4.90 Å². The lowest BCUT2D eigenvalue weighted by Crippen LogP contribution is -2.30. The summed E-state index contributed by atoms with van der Waals surface area (Å²) in [7, 11) is 0. The van der Waals surface area contributed by atoms with Crippen LogP contribution in [0.25, 0.3) is 0 Å². The summed E-state index contributed by atoms with van der Waals surface area (Å²) in [5.74, 6) is 3.95. The maximum absolute atomic E-state index is 9.54. The third-order valence-electron chi connectivity index (χ3n) is 6.29. The van der Waals surface area contributed by atoms with Gasteiger partial charge in [0.1, 0.15) is 5.82 Å². The molecule has 150 valence electrons. The molecule has 0 radical (unpaired) electrons. The molecule has 7 heteroatoms. The Morgan fingerprint density at radius 3 is 2.22 bits per heavy atom. The molecule has 2 unspecified atom stereocenters. The molecule has 0 amide bonds. The maximum Gasteiger partial charge on any atom is 0.227 e. The highest BCUT2D eigenvalue weighted by Crippen LogP contribution is 2.39. The van der Waals surface area contributed by atoms with Crippen LogP contribution in [0.1, 0.15) is 44.2 Å². The highest BCUT2D eigenvalue weighted by atomic mass is 32.2. The first-order valence-corrected chi connectivity index (χ1v) is 11.5. The molecule has 0 bridgehead atoms. The molecule has 1 aromatic rings. The summed E-state index contributed by atoms with van der Waals surface area (Å²) in [6.45, 7) is 4.50. The Morgan fingerprint density at radius 1 is 0.852 bits per heavy atom. The maximum atomic E-state index is 9.54. The van der Waals surface area contributed by atoms with Crippen molar-refractivity contribution in [2.24, 2.45) is 11.8 Å². The fourth-order valence-electron chi connectivity index (χ4n) is 4.50. The van der Waals surface area contributed by atoms with Gasteiger partial charge in [0.2, 0.25) is 5.95 Å². The SMILES string of the molecule is OCC1CCCN(c2nc3c(c(N4CCCC(CO)CC4)n2)SCC3)CC1. The minimum atomic E-state index is 0.292. The molecular formula is C20H32N4O2S. The Hall–Kier alpha value is -1.05. The van der Waals surface area contributed by atoms with Gasteiger partial charge in [-0.3, -0.25) is 0 Å². The van der Waals surface area contributed by atoms with E-state index in [9.17, 15) is 10.2 Å². The minimum Gasteiger partial charge on any atom is -0.396 e. The summed E-state index contributed by atoms with van der Waals surface area (Å²) < 4.78 is 0. The molecule has 4 heterocycles. The second kappa shape index (κ2) is 8.97. The Bertz CT molecular complexity index is 645. The first kappa shape index (κ1) is 19.3.